The summed E-state index contributed by atoms with van der Waals surface area (Å²) in [4.78, 5) is 8.73. The van der Waals surface area contributed by atoms with Gasteiger partial charge in [0.25, 0.3) is 0 Å². The van der Waals surface area contributed by atoms with Gasteiger partial charge in [0.2, 0.25) is 0 Å². The zero-order valence-electron chi connectivity index (χ0n) is 14.9. The maximum Gasteiger partial charge on any atom is 0.190 e. The number of halogens is 1. The summed E-state index contributed by atoms with van der Waals surface area (Å²) in [5, 5.41) is 7.77. The molecule has 0 saturated carbocycles. The fraction of sp³-hybridized carbons (Fsp3) is 0.238. The van der Waals surface area contributed by atoms with E-state index in [1.807, 2.05) is 12.3 Å². The SMILES string of the molecule is CN=C(NCCc1ccc(F)cc1)NCCc1cccc2cccnc12. The van der Waals surface area contributed by atoms with Gasteiger partial charge in [0, 0.05) is 31.7 Å². The molecule has 0 radical (unpaired) electrons. The van der Waals surface area contributed by atoms with Crippen LogP contribution in [0.2, 0.25) is 0 Å². The normalized spacial score (nSPS) is 11.5. The molecule has 1 aromatic heterocycles. The van der Waals surface area contributed by atoms with Crippen molar-refractivity contribution >= 4 is 16.9 Å². The van der Waals surface area contributed by atoms with Crippen LogP contribution in [0.3, 0.4) is 0 Å². The smallest absolute Gasteiger partial charge is 0.190 e. The topological polar surface area (TPSA) is 49.3 Å². The molecule has 0 atom stereocenters. The number of aromatic nitrogens is 1. The van der Waals surface area contributed by atoms with Crippen molar-refractivity contribution in [3.63, 3.8) is 0 Å². The van der Waals surface area contributed by atoms with Gasteiger partial charge in [-0.05, 0) is 42.2 Å². The van der Waals surface area contributed by atoms with Gasteiger partial charge in [0.05, 0.1) is 5.52 Å². The van der Waals surface area contributed by atoms with Crippen LogP contribution in [-0.4, -0.2) is 31.1 Å². The molecule has 0 unspecified atom stereocenters. The second-order valence-electron chi connectivity index (χ2n) is 6.04. The van der Waals surface area contributed by atoms with E-state index in [9.17, 15) is 4.39 Å². The summed E-state index contributed by atoms with van der Waals surface area (Å²) >= 11 is 0. The third-order valence-electron chi connectivity index (χ3n) is 4.25. The highest BCUT2D eigenvalue weighted by molar-refractivity contribution is 5.82. The van der Waals surface area contributed by atoms with E-state index in [1.165, 1.54) is 17.7 Å². The van der Waals surface area contributed by atoms with Crippen molar-refractivity contribution in [2.24, 2.45) is 4.99 Å². The van der Waals surface area contributed by atoms with Gasteiger partial charge in [0.15, 0.2) is 5.96 Å². The van der Waals surface area contributed by atoms with E-state index < -0.39 is 0 Å². The third kappa shape index (κ3) is 4.79. The second kappa shape index (κ2) is 8.94. The lowest BCUT2D eigenvalue weighted by atomic mass is 10.1. The second-order valence-corrected chi connectivity index (χ2v) is 6.04. The molecule has 26 heavy (non-hydrogen) atoms. The molecule has 2 aromatic carbocycles. The molecule has 1 heterocycles. The van der Waals surface area contributed by atoms with E-state index in [0.717, 1.165) is 48.4 Å². The number of hydrogen-bond acceptors (Lipinski definition) is 2. The van der Waals surface area contributed by atoms with E-state index in [2.05, 4.69) is 44.9 Å². The number of aliphatic imine (C=N–C) groups is 1. The van der Waals surface area contributed by atoms with Gasteiger partial charge in [0.1, 0.15) is 5.82 Å². The molecule has 3 aromatic rings. The number of pyridine rings is 1. The zero-order valence-corrected chi connectivity index (χ0v) is 14.9. The predicted octanol–water partition coefficient (Wildman–Crippen LogP) is 3.32. The number of hydrogen-bond donors (Lipinski definition) is 2. The van der Waals surface area contributed by atoms with Crippen molar-refractivity contribution in [3.8, 4) is 0 Å². The van der Waals surface area contributed by atoms with Crippen LogP contribution >= 0.6 is 0 Å². The Morgan fingerprint density at radius 1 is 0.962 bits per heavy atom. The Kier molecular flexibility index (Phi) is 6.14. The zero-order chi connectivity index (χ0) is 18.2. The van der Waals surface area contributed by atoms with Crippen LogP contribution in [0.15, 0.2) is 65.8 Å². The first-order valence-electron chi connectivity index (χ1n) is 8.78. The number of guanidine groups is 1. The van der Waals surface area contributed by atoms with Crippen LogP contribution in [0.1, 0.15) is 11.1 Å². The number of rotatable bonds is 6. The first-order valence-corrected chi connectivity index (χ1v) is 8.78. The van der Waals surface area contributed by atoms with Gasteiger partial charge in [-0.2, -0.15) is 0 Å². The Bertz CT molecular complexity index is 869. The molecule has 3 rings (SSSR count). The van der Waals surface area contributed by atoms with Crippen molar-refractivity contribution in [2.45, 2.75) is 12.8 Å². The van der Waals surface area contributed by atoms with E-state index in [-0.39, 0.29) is 5.82 Å². The fourth-order valence-electron chi connectivity index (χ4n) is 2.88. The minimum Gasteiger partial charge on any atom is -0.356 e. The Balaban J connectivity index is 1.47. The number of nitrogens with one attached hydrogen (secondary N) is 2. The molecule has 0 fully saturated rings. The number of fused-ring (bicyclic) bond motifs is 1. The lowest BCUT2D eigenvalue weighted by Gasteiger charge is -2.12. The lowest BCUT2D eigenvalue weighted by Crippen LogP contribution is -2.39. The van der Waals surface area contributed by atoms with E-state index >= 15 is 0 Å². The largest absolute Gasteiger partial charge is 0.356 e. The van der Waals surface area contributed by atoms with Crippen LogP contribution in [-0.2, 0) is 12.8 Å². The third-order valence-corrected chi connectivity index (χ3v) is 4.25. The molecule has 0 aliphatic carbocycles. The number of para-hydroxylation sites is 1. The summed E-state index contributed by atoms with van der Waals surface area (Å²) in [5.74, 6) is 0.558. The highest BCUT2D eigenvalue weighted by Gasteiger charge is 2.03. The van der Waals surface area contributed by atoms with Gasteiger partial charge < -0.3 is 10.6 Å². The minimum atomic E-state index is -0.206. The van der Waals surface area contributed by atoms with Crippen molar-refractivity contribution in [2.75, 3.05) is 20.1 Å². The Morgan fingerprint density at radius 3 is 2.46 bits per heavy atom. The maximum absolute atomic E-state index is 12.9. The monoisotopic (exact) mass is 350 g/mol. The predicted molar refractivity (Wildman–Crippen MR) is 105 cm³/mol. The van der Waals surface area contributed by atoms with Crippen molar-refractivity contribution in [1.82, 2.24) is 15.6 Å². The highest BCUT2D eigenvalue weighted by Crippen LogP contribution is 2.15. The van der Waals surface area contributed by atoms with Crippen LogP contribution in [0.4, 0.5) is 4.39 Å². The average Bonchev–Trinajstić information content (AvgIpc) is 2.68. The van der Waals surface area contributed by atoms with Crippen LogP contribution in [0, 0.1) is 5.82 Å². The summed E-state index contributed by atoms with van der Waals surface area (Å²) < 4.78 is 12.9. The van der Waals surface area contributed by atoms with Gasteiger partial charge in [-0.25, -0.2) is 4.39 Å². The molecule has 4 nitrogen and oxygen atoms in total. The molecule has 2 N–H and O–H groups in total. The molecule has 0 aliphatic heterocycles. The standard InChI is InChI=1S/C21H23FN4/c1-23-21(25-14-11-16-7-9-19(22)10-8-16)26-15-12-18-5-2-4-17-6-3-13-24-20(17)18/h2-10,13H,11-12,14-15H2,1H3,(H2,23,25,26). The number of nitrogens with zero attached hydrogens (tertiary/aromatic N) is 2. The summed E-state index contributed by atoms with van der Waals surface area (Å²) in [6.45, 7) is 1.51. The van der Waals surface area contributed by atoms with Crippen molar-refractivity contribution < 1.29 is 4.39 Å². The summed E-state index contributed by atoms with van der Waals surface area (Å²) in [7, 11) is 1.76. The quantitative estimate of drug-likeness (QED) is 0.530. The van der Waals surface area contributed by atoms with Crippen LogP contribution in [0.25, 0.3) is 10.9 Å². The van der Waals surface area contributed by atoms with Crippen molar-refractivity contribution in [3.05, 3.63) is 77.7 Å². The summed E-state index contributed by atoms with van der Waals surface area (Å²) in [6, 6.07) is 16.9. The van der Waals surface area contributed by atoms with Gasteiger partial charge >= 0.3 is 0 Å². The minimum absolute atomic E-state index is 0.206. The van der Waals surface area contributed by atoms with Gasteiger partial charge in [-0.1, -0.05) is 36.4 Å². The molecular formula is C21H23FN4. The Labute approximate surface area is 153 Å². The maximum atomic E-state index is 12.9. The van der Waals surface area contributed by atoms with Crippen LogP contribution in [0.5, 0.6) is 0 Å². The van der Waals surface area contributed by atoms with E-state index in [0.29, 0.717) is 0 Å². The van der Waals surface area contributed by atoms with E-state index in [4.69, 9.17) is 0 Å². The van der Waals surface area contributed by atoms with Gasteiger partial charge in [-0.15, -0.1) is 0 Å². The van der Waals surface area contributed by atoms with E-state index in [1.54, 1.807) is 19.2 Å². The lowest BCUT2D eigenvalue weighted by molar-refractivity contribution is 0.626. The van der Waals surface area contributed by atoms with Crippen LogP contribution < -0.4 is 10.6 Å². The molecule has 0 saturated heterocycles. The number of benzene rings is 2. The first kappa shape index (κ1) is 17.9. The molecular weight excluding hydrogens is 327 g/mol. The first-order chi connectivity index (χ1) is 12.8. The molecule has 134 valence electrons. The summed E-state index contributed by atoms with van der Waals surface area (Å²) in [5.41, 5.74) is 3.37. The van der Waals surface area contributed by atoms with Crippen molar-refractivity contribution in [1.29, 1.82) is 0 Å². The highest BCUT2D eigenvalue weighted by atomic mass is 19.1. The molecule has 0 spiro atoms. The average molecular weight is 350 g/mol. The molecule has 0 amide bonds. The fourth-order valence-corrected chi connectivity index (χ4v) is 2.88. The summed E-state index contributed by atoms with van der Waals surface area (Å²) in [6.07, 6.45) is 3.51. The Morgan fingerprint density at radius 2 is 1.69 bits per heavy atom. The Hall–Kier alpha value is -2.95. The van der Waals surface area contributed by atoms with Gasteiger partial charge in [-0.3, -0.25) is 9.98 Å². The molecule has 0 aliphatic rings. The molecule has 5 heteroatoms. The molecule has 0 bridgehead atoms.